The Bertz CT molecular complexity index is 362. The van der Waals surface area contributed by atoms with Gasteiger partial charge in [0.25, 0.3) is 0 Å². The fraction of sp³-hybridized carbons (Fsp3) is 0.857. The lowest BCUT2D eigenvalue weighted by Gasteiger charge is -2.31. The second-order valence-electron chi connectivity index (χ2n) is 5.85. The number of aromatic nitrogens is 2. The van der Waals surface area contributed by atoms with Crippen molar-refractivity contribution in [2.24, 2.45) is 11.8 Å². The summed E-state index contributed by atoms with van der Waals surface area (Å²) in [6.07, 6.45) is 4.83. The maximum Gasteiger partial charge on any atom is 0.226 e. The molecule has 4 heteroatoms. The minimum absolute atomic E-state index is 0.567. The highest BCUT2D eigenvalue weighted by Crippen LogP contribution is 2.20. The summed E-state index contributed by atoms with van der Waals surface area (Å²) in [4.78, 5) is 6.94. The van der Waals surface area contributed by atoms with Gasteiger partial charge in [-0.3, -0.25) is 4.90 Å². The first kappa shape index (κ1) is 13.5. The van der Waals surface area contributed by atoms with Crippen LogP contribution in [0, 0.1) is 11.8 Å². The summed E-state index contributed by atoms with van der Waals surface area (Å²) in [7, 11) is 0. The lowest BCUT2D eigenvalue weighted by Crippen LogP contribution is -2.34. The first-order valence-electron chi connectivity index (χ1n) is 7.21. The Balaban J connectivity index is 1.86. The molecule has 4 nitrogen and oxygen atoms in total. The van der Waals surface area contributed by atoms with Crippen LogP contribution in [0.1, 0.15) is 51.7 Å². The standard InChI is InChI=1S/C14H25N3O/c1-4-12-6-5-7-17(9-12)10-13-15-14(18-16-13)8-11(2)3/h11-12H,4-10H2,1-3H3. The molecule has 1 saturated heterocycles. The maximum atomic E-state index is 5.28. The van der Waals surface area contributed by atoms with Gasteiger partial charge in [-0.1, -0.05) is 32.3 Å². The average Bonchev–Trinajstić information content (AvgIpc) is 2.76. The smallest absolute Gasteiger partial charge is 0.226 e. The molecule has 102 valence electrons. The molecule has 1 aliphatic heterocycles. The van der Waals surface area contributed by atoms with E-state index in [2.05, 4.69) is 35.8 Å². The van der Waals surface area contributed by atoms with Crippen LogP contribution in [0.5, 0.6) is 0 Å². The van der Waals surface area contributed by atoms with Gasteiger partial charge in [-0.2, -0.15) is 4.98 Å². The zero-order valence-electron chi connectivity index (χ0n) is 11.9. The van der Waals surface area contributed by atoms with Crippen molar-refractivity contribution < 1.29 is 4.52 Å². The quantitative estimate of drug-likeness (QED) is 0.807. The molecule has 18 heavy (non-hydrogen) atoms. The third kappa shape index (κ3) is 3.80. The van der Waals surface area contributed by atoms with E-state index < -0.39 is 0 Å². The SMILES string of the molecule is CCC1CCCN(Cc2noc(CC(C)C)n2)C1. The van der Waals surface area contributed by atoms with Crippen molar-refractivity contribution in [1.82, 2.24) is 15.0 Å². The van der Waals surface area contributed by atoms with Gasteiger partial charge in [0.05, 0.1) is 6.54 Å². The average molecular weight is 251 g/mol. The highest BCUT2D eigenvalue weighted by Gasteiger charge is 2.20. The number of rotatable bonds is 5. The summed E-state index contributed by atoms with van der Waals surface area (Å²) in [6.45, 7) is 9.82. The second-order valence-corrected chi connectivity index (χ2v) is 5.85. The normalized spacial score (nSPS) is 21.7. The van der Waals surface area contributed by atoms with Crippen LogP contribution in [-0.4, -0.2) is 28.1 Å². The summed E-state index contributed by atoms with van der Waals surface area (Å²) >= 11 is 0. The molecule has 2 heterocycles. The molecule has 0 bridgehead atoms. The van der Waals surface area contributed by atoms with E-state index in [9.17, 15) is 0 Å². The second kappa shape index (κ2) is 6.32. The largest absolute Gasteiger partial charge is 0.339 e. The number of piperidine rings is 1. The lowest BCUT2D eigenvalue weighted by molar-refractivity contribution is 0.160. The molecule has 2 rings (SSSR count). The third-order valence-electron chi connectivity index (χ3n) is 3.64. The molecule has 0 aromatic carbocycles. The lowest BCUT2D eigenvalue weighted by atomic mass is 9.96. The molecule has 1 fully saturated rings. The Morgan fingerprint density at radius 1 is 1.44 bits per heavy atom. The van der Waals surface area contributed by atoms with Crippen LogP contribution < -0.4 is 0 Å². The van der Waals surface area contributed by atoms with Crippen molar-refractivity contribution in [2.75, 3.05) is 13.1 Å². The van der Waals surface area contributed by atoms with E-state index >= 15 is 0 Å². The van der Waals surface area contributed by atoms with E-state index in [1.165, 1.54) is 32.4 Å². The summed E-state index contributed by atoms with van der Waals surface area (Å²) in [5.41, 5.74) is 0. The first-order chi connectivity index (χ1) is 8.67. The zero-order valence-corrected chi connectivity index (χ0v) is 11.9. The van der Waals surface area contributed by atoms with Crippen molar-refractivity contribution in [2.45, 2.75) is 53.0 Å². The molecule has 0 spiro atoms. The topological polar surface area (TPSA) is 42.2 Å². The molecule has 0 radical (unpaired) electrons. The van der Waals surface area contributed by atoms with Gasteiger partial charge in [0.2, 0.25) is 5.89 Å². The Morgan fingerprint density at radius 3 is 3.00 bits per heavy atom. The monoisotopic (exact) mass is 251 g/mol. The fourth-order valence-electron chi connectivity index (χ4n) is 2.61. The molecule has 0 N–H and O–H groups in total. The van der Waals surface area contributed by atoms with Crippen LogP contribution in [0.2, 0.25) is 0 Å². The van der Waals surface area contributed by atoms with Crippen molar-refractivity contribution in [3.05, 3.63) is 11.7 Å². The number of hydrogen-bond donors (Lipinski definition) is 0. The van der Waals surface area contributed by atoms with Gasteiger partial charge in [-0.25, -0.2) is 0 Å². The maximum absolute atomic E-state index is 5.28. The minimum atomic E-state index is 0.567. The van der Waals surface area contributed by atoms with Gasteiger partial charge in [-0.05, 0) is 31.2 Å². The number of nitrogens with zero attached hydrogens (tertiary/aromatic N) is 3. The van der Waals surface area contributed by atoms with E-state index in [4.69, 9.17) is 4.52 Å². The van der Waals surface area contributed by atoms with E-state index in [0.717, 1.165) is 30.6 Å². The van der Waals surface area contributed by atoms with Crippen molar-refractivity contribution in [1.29, 1.82) is 0 Å². The van der Waals surface area contributed by atoms with Gasteiger partial charge in [0.1, 0.15) is 0 Å². The highest BCUT2D eigenvalue weighted by molar-refractivity contribution is 4.88. The van der Waals surface area contributed by atoms with Crippen LogP contribution in [0.25, 0.3) is 0 Å². The molecule has 1 unspecified atom stereocenters. The Hall–Kier alpha value is -0.900. The molecule has 0 amide bonds. The molecule has 1 atom stereocenters. The fourth-order valence-corrected chi connectivity index (χ4v) is 2.61. The minimum Gasteiger partial charge on any atom is -0.339 e. The number of hydrogen-bond acceptors (Lipinski definition) is 4. The summed E-state index contributed by atoms with van der Waals surface area (Å²) in [5, 5.41) is 4.09. The Morgan fingerprint density at radius 2 is 2.28 bits per heavy atom. The van der Waals surface area contributed by atoms with Crippen LogP contribution in [0.3, 0.4) is 0 Å². The van der Waals surface area contributed by atoms with Crippen molar-refractivity contribution >= 4 is 0 Å². The van der Waals surface area contributed by atoms with Crippen molar-refractivity contribution in [3.63, 3.8) is 0 Å². The zero-order chi connectivity index (χ0) is 13.0. The predicted molar refractivity (Wildman–Crippen MR) is 71.1 cm³/mol. The molecule has 0 saturated carbocycles. The van der Waals surface area contributed by atoms with Gasteiger partial charge < -0.3 is 4.52 Å². The molecule has 1 aromatic heterocycles. The van der Waals surface area contributed by atoms with E-state index in [1.807, 2.05) is 0 Å². The Kier molecular flexibility index (Phi) is 4.75. The van der Waals surface area contributed by atoms with E-state index in [1.54, 1.807) is 0 Å². The molecule has 1 aromatic rings. The van der Waals surface area contributed by atoms with Crippen LogP contribution in [-0.2, 0) is 13.0 Å². The molecule has 0 aliphatic carbocycles. The third-order valence-corrected chi connectivity index (χ3v) is 3.64. The summed E-state index contributed by atoms with van der Waals surface area (Å²) < 4.78 is 5.28. The van der Waals surface area contributed by atoms with Gasteiger partial charge in [0.15, 0.2) is 5.82 Å². The van der Waals surface area contributed by atoms with Crippen molar-refractivity contribution in [3.8, 4) is 0 Å². The van der Waals surface area contributed by atoms with Gasteiger partial charge >= 0.3 is 0 Å². The molecular formula is C14H25N3O. The summed E-state index contributed by atoms with van der Waals surface area (Å²) in [5.74, 6) is 3.05. The van der Waals surface area contributed by atoms with E-state index in [-0.39, 0.29) is 0 Å². The predicted octanol–water partition coefficient (Wildman–Crippen LogP) is 2.89. The van der Waals surface area contributed by atoms with E-state index in [0.29, 0.717) is 5.92 Å². The summed E-state index contributed by atoms with van der Waals surface area (Å²) in [6, 6.07) is 0. The Labute approximate surface area is 110 Å². The highest BCUT2D eigenvalue weighted by atomic mass is 16.5. The van der Waals surface area contributed by atoms with Gasteiger partial charge in [0, 0.05) is 13.0 Å². The van der Waals surface area contributed by atoms with Crippen LogP contribution in [0.4, 0.5) is 0 Å². The van der Waals surface area contributed by atoms with Gasteiger partial charge in [-0.15, -0.1) is 0 Å². The first-order valence-corrected chi connectivity index (χ1v) is 7.21. The number of likely N-dealkylation sites (tertiary alicyclic amines) is 1. The van der Waals surface area contributed by atoms with Crippen LogP contribution in [0.15, 0.2) is 4.52 Å². The molecular weight excluding hydrogens is 226 g/mol. The molecule has 1 aliphatic rings. The van der Waals surface area contributed by atoms with Crippen LogP contribution >= 0.6 is 0 Å².